The largest absolute Gasteiger partial charge is 0.369 e. The molecule has 0 radical (unpaired) electrons. The Morgan fingerprint density at radius 3 is 2.00 bits per heavy atom. The van der Waals surface area contributed by atoms with Crippen molar-refractivity contribution in [2.24, 2.45) is 5.73 Å². The molecule has 0 aliphatic rings. The molecule has 176 valence electrons. The third-order valence-electron chi connectivity index (χ3n) is 6.45. The number of carbonyl (C=O) groups excluding carboxylic acids is 2. The fourth-order valence-electron chi connectivity index (χ4n) is 4.53. The number of primary amides is 1. The predicted octanol–water partition coefficient (Wildman–Crippen LogP) is 6.00. The van der Waals surface area contributed by atoms with Crippen LogP contribution in [-0.2, 0) is 11.3 Å². The van der Waals surface area contributed by atoms with Gasteiger partial charge < -0.3 is 10.6 Å². The van der Waals surface area contributed by atoms with Gasteiger partial charge in [0.2, 0.25) is 5.91 Å². The standard InChI is InChI=1S/C31H30N2O2/c1-22(24-11-5-3-6-12-24)29(30(32)34)26-18-16-25(17-19-26)28-15-9-10-23(20-28)21-33(2)31(35)27-13-7-4-8-14-27/h3-20,22,29H,21H2,1-2H3,(H2,32,34). The molecule has 0 aromatic heterocycles. The summed E-state index contributed by atoms with van der Waals surface area (Å²) in [4.78, 5) is 26.8. The van der Waals surface area contributed by atoms with Crippen LogP contribution in [0.5, 0.6) is 0 Å². The summed E-state index contributed by atoms with van der Waals surface area (Å²) in [7, 11) is 1.81. The van der Waals surface area contributed by atoms with Gasteiger partial charge in [-0.25, -0.2) is 0 Å². The summed E-state index contributed by atoms with van der Waals surface area (Å²) >= 11 is 0. The van der Waals surface area contributed by atoms with E-state index in [0.717, 1.165) is 27.8 Å². The van der Waals surface area contributed by atoms with E-state index in [9.17, 15) is 9.59 Å². The molecule has 0 fully saturated rings. The van der Waals surface area contributed by atoms with Gasteiger partial charge in [0.25, 0.3) is 5.91 Å². The van der Waals surface area contributed by atoms with Crippen molar-refractivity contribution >= 4 is 11.8 Å². The molecular weight excluding hydrogens is 432 g/mol. The average molecular weight is 463 g/mol. The van der Waals surface area contributed by atoms with Gasteiger partial charge in [0, 0.05) is 19.2 Å². The summed E-state index contributed by atoms with van der Waals surface area (Å²) < 4.78 is 0. The van der Waals surface area contributed by atoms with Gasteiger partial charge in [-0.3, -0.25) is 9.59 Å². The summed E-state index contributed by atoms with van der Waals surface area (Å²) in [5.41, 5.74) is 11.6. The molecule has 35 heavy (non-hydrogen) atoms. The zero-order valence-electron chi connectivity index (χ0n) is 20.1. The van der Waals surface area contributed by atoms with E-state index in [0.29, 0.717) is 12.1 Å². The fraction of sp³-hybridized carbons (Fsp3) is 0.161. The lowest BCUT2D eigenvalue weighted by Gasteiger charge is -2.22. The number of hydrogen-bond donors (Lipinski definition) is 1. The number of hydrogen-bond acceptors (Lipinski definition) is 2. The lowest BCUT2D eigenvalue weighted by Crippen LogP contribution is -2.26. The Kier molecular flexibility index (Phi) is 7.41. The third-order valence-corrected chi connectivity index (χ3v) is 6.45. The van der Waals surface area contributed by atoms with Crippen LogP contribution in [0, 0.1) is 0 Å². The number of nitrogens with zero attached hydrogens (tertiary/aromatic N) is 1. The van der Waals surface area contributed by atoms with Crippen molar-refractivity contribution in [3.63, 3.8) is 0 Å². The Morgan fingerprint density at radius 1 is 0.743 bits per heavy atom. The summed E-state index contributed by atoms with van der Waals surface area (Å²) in [6.07, 6.45) is 0. The number of carbonyl (C=O) groups is 2. The highest BCUT2D eigenvalue weighted by Crippen LogP contribution is 2.33. The van der Waals surface area contributed by atoms with E-state index in [4.69, 9.17) is 5.73 Å². The highest BCUT2D eigenvalue weighted by molar-refractivity contribution is 5.94. The predicted molar refractivity (Wildman–Crippen MR) is 141 cm³/mol. The summed E-state index contributed by atoms with van der Waals surface area (Å²) in [6.45, 7) is 2.55. The zero-order valence-corrected chi connectivity index (χ0v) is 20.1. The second-order valence-electron chi connectivity index (χ2n) is 8.93. The quantitative estimate of drug-likeness (QED) is 0.349. The maximum absolute atomic E-state index is 12.7. The maximum Gasteiger partial charge on any atom is 0.253 e. The molecule has 0 saturated carbocycles. The van der Waals surface area contributed by atoms with E-state index < -0.39 is 5.92 Å². The molecule has 4 nitrogen and oxygen atoms in total. The first-order valence-electron chi connectivity index (χ1n) is 11.8. The number of nitrogens with two attached hydrogens (primary N) is 1. The van der Waals surface area contributed by atoms with Crippen LogP contribution < -0.4 is 5.73 Å². The van der Waals surface area contributed by atoms with Crippen molar-refractivity contribution in [1.82, 2.24) is 4.90 Å². The molecule has 4 aromatic carbocycles. The van der Waals surface area contributed by atoms with E-state index in [1.54, 1.807) is 4.90 Å². The van der Waals surface area contributed by atoms with Crippen LogP contribution in [0.25, 0.3) is 11.1 Å². The van der Waals surface area contributed by atoms with Gasteiger partial charge in [0.1, 0.15) is 0 Å². The maximum atomic E-state index is 12.7. The van der Waals surface area contributed by atoms with Crippen LogP contribution in [0.3, 0.4) is 0 Å². The Morgan fingerprint density at radius 2 is 1.37 bits per heavy atom. The van der Waals surface area contributed by atoms with Gasteiger partial charge >= 0.3 is 0 Å². The van der Waals surface area contributed by atoms with Crippen LogP contribution in [0.2, 0.25) is 0 Å². The summed E-state index contributed by atoms with van der Waals surface area (Å²) in [5.74, 6) is -0.774. The van der Waals surface area contributed by atoms with Gasteiger partial charge in [0.15, 0.2) is 0 Å². The first-order valence-corrected chi connectivity index (χ1v) is 11.8. The van der Waals surface area contributed by atoms with Crippen molar-refractivity contribution in [3.8, 4) is 11.1 Å². The third kappa shape index (κ3) is 5.67. The van der Waals surface area contributed by atoms with Crippen molar-refractivity contribution in [2.75, 3.05) is 7.05 Å². The second-order valence-corrected chi connectivity index (χ2v) is 8.93. The van der Waals surface area contributed by atoms with Gasteiger partial charge in [-0.05, 0) is 51.9 Å². The van der Waals surface area contributed by atoms with E-state index in [2.05, 4.69) is 12.1 Å². The van der Waals surface area contributed by atoms with E-state index >= 15 is 0 Å². The van der Waals surface area contributed by atoms with Crippen molar-refractivity contribution in [3.05, 3.63) is 131 Å². The van der Waals surface area contributed by atoms with Gasteiger partial charge in [-0.2, -0.15) is 0 Å². The molecule has 0 spiro atoms. The van der Waals surface area contributed by atoms with Gasteiger partial charge in [-0.15, -0.1) is 0 Å². The van der Waals surface area contributed by atoms with E-state index in [1.807, 2.05) is 111 Å². The highest BCUT2D eigenvalue weighted by Gasteiger charge is 2.26. The lowest BCUT2D eigenvalue weighted by molar-refractivity contribution is -0.119. The van der Waals surface area contributed by atoms with Crippen LogP contribution in [-0.4, -0.2) is 23.8 Å². The van der Waals surface area contributed by atoms with Crippen LogP contribution in [0.1, 0.15) is 45.8 Å². The molecule has 2 amide bonds. The molecule has 2 unspecified atom stereocenters. The van der Waals surface area contributed by atoms with Crippen LogP contribution in [0.4, 0.5) is 0 Å². The average Bonchev–Trinajstić information content (AvgIpc) is 2.89. The monoisotopic (exact) mass is 462 g/mol. The Hall–Kier alpha value is -4.18. The molecular formula is C31H30N2O2. The SMILES string of the molecule is CC(c1ccccc1)C(C(N)=O)c1ccc(-c2cccc(CN(C)C(=O)c3ccccc3)c2)cc1. The first kappa shape index (κ1) is 24.0. The van der Waals surface area contributed by atoms with Crippen molar-refractivity contribution < 1.29 is 9.59 Å². The molecule has 2 N–H and O–H groups in total. The number of rotatable bonds is 8. The fourth-order valence-corrected chi connectivity index (χ4v) is 4.53. The smallest absolute Gasteiger partial charge is 0.253 e. The number of benzene rings is 4. The molecule has 4 heteroatoms. The molecule has 2 atom stereocenters. The Labute approximate surface area is 207 Å². The van der Waals surface area contributed by atoms with Crippen LogP contribution in [0.15, 0.2) is 109 Å². The molecule has 0 heterocycles. The topological polar surface area (TPSA) is 63.4 Å². The minimum Gasteiger partial charge on any atom is -0.369 e. The van der Waals surface area contributed by atoms with Crippen LogP contribution >= 0.6 is 0 Å². The number of amides is 2. The normalized spacial score (nSPS) is 12.5. The van der Waals surface area contributed by atoms with Gasteiger partial charge in [0.05, 0.1) is 5.92 Å². The zero-order chi connectivity index (χ0) is 24.8. The molecule has 4 aromatic rings. The molecule has 4 rings (SSSR count). The Bertz CT molecular complexity index is 1280. The molecule has 0 bridgehead atoms. The Balaban J connectivity index is 1.52. The van der Waals surface area contributed by atoms with Crippen molar-refractivity contribution in [1.29, 1.82) is 0 Å². The minimum atomic E-state index is -0.407. The molecule has 0 aliphatic heterocycles. The van der Waals surface area contributed by atoms with E-state index in [1.165, 1.54) is 0 Å². The first-order chi connectivity index (χ1) is 16.9. The van der Waals surface area contributed by atoms with Gasteiger partial charge in [-0.1, -0.05) is 97.9 Å². The summed E-state index contributed by atoms with van der Waals surface area (Å²) in [6, 6.07) is 35.5. The lowest BCUT2D eigenvalue weighted by atomic mass is 9.82. The summed E-state index contributed by atoms with van der Waals surface area (Å²) in [5, 5.41) is 0. The minimum absolute atomic E-state index is 0.00890. The highest BCUT2D eigenvalue weighted by atomic mass is 16.2. The second kappa shape index (κ2) is 10.8. The molecule has 0 aliphatic carbocycles. The van der Waals surface area contributed by atoms with Crippen molar-refractivity contribution in [2.45, 2.75) is 25.3 Å². The van der Waals surface area contributed by atoms with E-state index in [-0.39, 0.29) is 17.7 Å². The molecule has 0 saturated heterocycles.